The second kappa shape index (κ2) is 3.56. The van der Waals surface area contributed by atoms with Crippen molar-refractivity contribution in [2.45, 2.75) is 13.3 Å². The topological polar surface area (TPSA) is 54.6 Å². The number of carboxylic acid groups (broad SMARTS) is 1. The van der Waals surface area contributed by atoms with Gasteiger partial charge in [0.05, 0.1) is 15.9 Å². The van der Waals surface area contributed by atoms with Gasteiger partial charge in [0, 0.05) is 0 Å². The van der Waals surface area contributed by atoms with Gasteiger partial charge < -0.3 is 5.11 Å². The quantitative estimate of drug-likeness (QED) is 0.756. The third-order valence-electron chi connectivity index (χ3n) is 2.76. The number of thiazole rings is 1. The Bertz CT molecular complexity index is 727. The van der Waals surface area contributed by atoms with Crippen LogP contribution in [0.25, 0.3) is 15.2 Å². The number of aromatic carboxylic acids is 1. The number of benzene rings is 1. The zero-order chi connectivity index (χ0) is 12.0. The van der Waals surface area contributed by atoms with Gasteiger partial charge in [-0.2, -0.15) is 0 Å². The number of para-hydroxylation sites is 1. The molecule has 2 aromatic heterocycles. The first-order valence-electron chi connectivity index (χ1n) is 5.34. The van der Waals surface area contributed by atoms with Gasteiger partial charge in [-0.3, -0.25) is 4.40 Å². The van der Waals surface area contributed by atoms with Gasteiger partial charge in [-0.05, 0) is 18.6 Å². The normalized spacial score (nSPS) is 11.4. The monoisotopic (exact) mass is 246 g/mol. The van der Waals surface area contributed by atoms with Gasteiger partial charge in [0.15, 0.2) is 10.7 Å². The second-order valence-corrected chi connectivity index (χ2v) is 4.76. The number of carboxylic acids is 1. The maximum absolute atomic E-state index is 11.3. The Morgan fingerprint density at radius 3 is 2.94 bits per heavy atom. The maximum Gasteiger partial charge on any atom is 0.354 e. The number of hydrogen-bond acceptors (Lipinski definition) is 3. The van der Waals surface area contributed by atoms with Crippen LogP contribution < -0.4 is 0 Å². The van der Waals surface area contributed by atoms with Crippen LogP contribution in [0.5, 0.6) is 0 Å². The molecule has 86 valence electrons. The van der Waals surface area contributed by atoms with E-state index in [1.54, 1.807) is 4.40 Å². The number of nitrogens with zero attached hydrogens (tertiary/aromatic N) is 2. The van der Waals surface area contributed by atoms with E-state index in [2.05, 4.69) is 4.98 Å². The Morgan fingerprint density at radius 2 is 2.24 bits per heavy atom. The first-order chi connectivity index (χ1) is 8.22. The largest absolute Gasteiger partial charge is 0.477 e. The van der Waals surface area contributed by atoms with Crippen LogP contribution in [0.2, 0.25) is 0 Å². The van der Waals surface area contributed by atoms with E-state index in [0.29, 0.717) is 17.8 Å². The molecule has 0 atom stereocenters. The number of hydrogen-bond donors (Lipinski definition) is 1. The predicted molar refractivity (Wildman–Crippen MR) is 66.9 cm³/mol. The molecule has 0 aliphatic rings. The summed E-state index contributed by atoms with van der Waals surface area (Å²) in [6, 6.07) is 7.75. The van der Waals surface area contributed by atoms with E-state index in [-0.39, 0.29) is 0 Å². The Balaban J connectivity index is 2.51. The first-order valence-corrected chi connectivity index (χ1v) is 6.16. The molecular formula is C12H10N2O2S. The van der Waals surface area contributed by atoms with Crippen molar-refractivity contribution < 1.29 is 9.90 Å². The van der Waals surface area contributed by atoms with E-state index >= 15 is 0 Å². The standard InChI is InChI=1S/C12H10N2O2S/c1-2-7-10(11(15)16)14-8-5-3-4-6-9(8)17-12(14)13-7/h3-6H,2H2,1H3,(H,15,16). The van der Waals surface area contributed by atoms with Gasteiger partial charge in [-0.15, -0.1) is 0 Å². The Morgan fingerprint density at radius 1 is 1.47 bits per heavy atom. The molecule has 5 heteroatoms. The number of fused-ring (bicyclic) bond motifs is 3. The summed E-state index contributed by atoms with van der Waals surface area (Å²) in [6.07, 6.45) is 0.629. The number of aromatic nitrogens is 2. The summed E-state index contributed by atoms with van der Waals surface area (Å²) >= 11 is 1.52. The lowest BCUT2D eigenvalue weighted by Gasteiger charge is -1.97. The number of aryl methyl sites for hydroxylation is 1. The molecule has 0 saturated heterocycles. The lowest BCUT2D eigenvalue weighted by Crippen LogP contribution is -2.04. The van der Waals surface area contributed by atoms with E-state index < -0.39 is 5.97 Å². The molecule has 0 fully saturated rings. The second-order valence-electron chi connectivity index (χ2n) is 3.75. The average Bonchev–Trinajstić information content (AvgIpc) is 2.83. The van der Waals surface area contributed by atoms with Gasteiger partial charge in [-0.1, -0.05) is 30.4 Å². The van der Waals surface area contributed by atoms with Gasteiger partial charge in [0.1, 0.15) is 0 Å². The Kier molecular flexibility index (Phi) is 2.16. The van der Waals surface area contributed by atoms with Gasteiger partial charge >= 0.3 is 5.97 Å². The lowest BCUT2D eigenvalue weighted by atomic mass is 10.2. The van der Waals surface area contributed by atoms with Crippen LogP contribution in [-0.4, -0.2) is 20.5 Å². The van der Waals surface area contributed by atoms with Crippen LogP contribution >= 0.6 is 11.3 Å². The molecule has 0 radical (unpaired) electrons. The van der Waals surface area contributed by atoms with Crippen LogP contribution in [0.4, 0.5) is 0 Å². The molecule has 0 bridgehead atoms. The Hall–Kier alpha value is -1.88. The predicted octanol–water partition coefficient (Wildman–Crippen LogP) is 2.81. The fourth-order valence-corrected chi connectivity index (χ4v) is 3.07. The van der Waals surface area contributed by atoms with Crippen LogP contribution in [0, 0.1) is 0 Å². The maximum atomic E-state index is 11.3. The molecule has 0 saturated carbocycles. The van der Waals surface area contributed by atoms with Crippen molar-refractivity contribution >= 4 is 32.5 Å². The molecular weight excluding hydrogens is 236 g/mol. The Labute approximate surface area is 101 Å². The summed E-state index contributed by atoms with van der Waals surface area (Å²) in [7, 11) is 0. The molecule has 0 aliphatic heterocycles. The van der Waals surface area contributed by atoms with Crippen LogP contribution in [0.15, 0.2) is 24.3 Å². The van der Waals surface area contributed by atoms with E-state index in [9.17, 15) is 9.90 Å². The lowest BCUT2D eigenvalue weighted by molar-refractivity contribution is 0.0688. The molecule has 0 unspecified atom stereocenters. The van der Waals surface area contributed by atoms with Gasteiger partial charge in [-0.25, -0.2) is 9.78 Å². The third kappa shape index (κ3) is 1.36. The van der Waals surface area contributed by atoms with E-state index in [1.165, 1.54) is 11.3 Å². The summed E-state index contributed by atoms with van der Waals surface area (Å²) in [4.78, 5) is 16.5. The highest BCUT2D eigenvalue weighted by Gasteiger charge is 2.20. The van der Waals surface area contributed by atoms with Crippen molar-refractivity contribution in [2.24, 2.45) is 0 Å². The zero-order valence-electron chi connectivity index (χ0n) is 9.17. The molecule has 0 aliphatic carbocycles. The molecule has 3 aromatic rings. The molecule has 2 heterocycles. The highest BCUT2D eigenvalue weighted by Crippen LogP contribution is 2.28. The van der Waals surface area contributed by atoms with Crippen molar-refractivity contribution in [2.75, 3.05) is 0 Å². The molecule has 1 N–H and O–H groups in total. The number of rotatable bonds is 2. The van der Waals surface area contributed by atoms with Crippen LogP contribution in [-0.2, 0) is 6.42 Å². The first kappa shape index (κ1) is 10.3. The number of imidazole rings is 1. The third-order valence-corrected chi connectivity index (χ3v) is 3.79. The van der Waals surface area contributed by atoms with Crippen molar-refractivity contribution in [1.82, 2.24) is 9.38 Å². The molecule has 0 spiro atoms. The summed E-state index contributed by atoms with van der Waals surface area (Å²) in [5.41, 5.74) is 1.85. The minimum Gasteiger partial charge on any atom is -0.477 e. The molecule has 0 amide bonds. The van der Waals surface area contributed by atoms with E-state index in [1.807, 2.05) is 31.2 Å². The molecule has 17 heavy (non-hydrogen) atoms. The summed E-state index contributed by atoms with van der Waals surface area (Å²) in [5, 5.41) is 9.31. The average molecular weight is 246 g/mol. The smallest absolute Gasteiger partial charge is 0.354 e. The van der Waals surface area contributed by atoms with Crippen LogP contribution in [0.3, 0.4) is 0 Å². The SMILES string of the molecule is CCc1nc2sc3ccccc3n2c1C(=O)O. The minimum absolute atomic E-state index is 0.292. The summed E-state index contributed by atoms with van der Waals surface area (Å²) in [5.74, 6) is -0.919. The van der Waals surface area contributed by atoms with E-state index in [0.717, 1.165) is 15.2 Å². The summed E-state index contributed by atoms with van der Waals surface area (Å²) in [6.45, 7) is 1.92. The highest BCUT2D eigenvalue weighted by atomic mass is 32.1. The van der Waals surface area contributed by atoms with Crippen molar-refractivity contribution in [3.63, 3.8) is 0 Å². The van der Waals surface area contributed by atoms with Crippen molar-refractivity contribution in [3.05, 3.63) is 35.7 Å². The fraction of sp³-hybridized carbons (Fsp3) is 0.167. The van der Waals surface area contributed by atoms with E-state index in [4.69, 9.17) is 0 Å². The zero-order valence-corrected chi connectivity index (χ0v) is 9.99. The van der Waals surface area contributed by atoms with Crippen molar-refractivity contribution in [1.29, 1.82) is 0 Å². The van der Waals surface area contributed by atoms with Gasteiger partial charge in [0.2, 0.25) is 0 Å². The molecule has 1 aromatic carbocycles. The van der Waals surface area contributed by atoms with Gasteiger partial charge in [0.25, 0.3) is 0 Å². The van der Waals surface area contributed by atoms with Crippen molar-refractivity contribution in [3.8, 4) is 0 Å². The number of carbonyl (C=O) groups is 1. The minimum atomic E-state index is -0.919. The highest BCUT2D eigenvalue weighted by molar-refractivity contribution is 7.23. The summed E-state index contributed by atoms with van der Waals surface area (Å²) < 4.78 is 2.79. The molecule has 3 rings (SSSR count). The van der Waals surface area contributed by atoms with Crippen LogP contribution in [0.1, 0.15) is 23.1 Å². The molecule has 4 nitrogen and oxygen atoms in total. The fourth-order valence-electron chi connectivity index (χ4n) is 2.03.